The second kappa shape index (κ2) is 21.6. The van der Waals surface area contributed by atoms with E-state index in [1.54, 1.807) is 18.0 Å². The van der Waals surface area contributed by atoms with E-state index in [1.807, 2.05) is 72.4 Å². The standard InChI is InChI=1S/C50H57ClN6O7S/c1-32-36(11-8-12-38(32)35-16-17-42-45(25-35)62-22-21-61-42)30-64-44-26-43(63-29-34-10-7-9-33(23-34)27-52)37(24-39(44)51)28-57-19-6-5-13-41(57)49(59)56(2)20-18-53-47(58)15-4-3-14-46-48-40(31-65-46)54-50(60)55-48/h7-12,16-17,23-26,40-41,46,48H,3-6,13-15,18-22,28-31H2,1-2H3,(H,53,58)(H2,54,55,60)/t40-,41?,46-,48-/m0/s1. The fourth-order valence-electron chi connectivity index (χ4n) is 9.12. The molecule has 0 aliphatic carbocycles. The molecule has 4 heterocycles. The fraction of sp³-hybridized carbons (Fsp3) is 0.440. The van der Waals surface area contributed by atoms with E-state index in [4.69, 9.17) is 30.5 Å². The fourth-order valence-corrected chi connectivity index (χ4v) is 10.9. The molecule has 0 radical (unpaired) electrons. The number of urea groups is 1. The number of ether oxygens (including phenoxy) is 4. The zero-order valence-corrected chi connectivity index (χ0v) is 38.6. The van der Waals surface area contributed by atoms with Crippen molar-refractivity contribution in [2.24, 2.45) is 0 Å². The summed E-state index contributed by atoms with van der Waals surface area (Å²) in [4.78, 5) is 42.4. The smallest absolute Gasteiger partial charge is 0.315 e. The molecule has 4 aliphatic rings. The number of fused-ring (bicyclic) bond motifs is 2. The van der Waals surface area contributed by atoms with Crippen LogP contribution in [0.1, 0.15) is 72.8 Å². The van der Waals surface area contributed by atoms with Crippen LogP contribution >= 0.6 is 23.4 Å². The van der Waals surface area contributed by atoms with Gasteiger partial charge in [-0.15, -0.1) is 0 Å². The topological polar surface area (TPSA) is 154 Å². The lowest BCUT2D eigenvalue weighted by Crippen LogP contribution is -2.50. The van der Waals surface area contributed by atoms with Crippen LogP contribution in [0.4, 0.5) is 4.79 Å². The van der Waals surface area contributed by atoms with Gasteiger partial charge in [-0.2, -0.15) is 17.0 Å². The van der Waals surface area contributed by atoms with Gasteiger partial charge >= 0.3 is 6.03 Å². The predicted molar refractivity (Wildman–Crippen MR) is 252 cm³/mol. The lowest BCUT2D eigenvalue weighted by atomic mass is 9.96. The van der Waals surface area contributed by atoms with E-state index in [2.05, 4.69) is 39.9 Å². The lowest BCUT2D eigenvalue weighted by Gasteiger charge is -2.37. The molecule has 13 nitrogen and oxygen atoms in total. The van der Waals surface area contributed by atoms with Gasteiger partial charge in [-0.1, -0.05) is 60.8 Å². The first kappa shape index (κ1) is 45.9. The van der Waals surface area contributed by atoms with Gasteiger partial charge in [0.05, 0.1) is 34.8 Å². The van der Waals surface area contributed by atoms with Crippen molar-refractivity contribution in [3.63, 3.8) is 0 Å². The number of likely N-dealkylation sites (N-methyl/N-ethyl adjacent to an activating group) is 1. The number of carbonyl (C=O) groups excluding carboxylic acids is 3. The van der Waals surface area contributed by atoms with Crippen LogP contribution in [0, 0.1) is 18.3 Å². The van der Waals surface area contributed by atoms with Crippen molar-refractivity contribution in [1.29, 1.82) is 5.26 Å². The van der Waals surface area contributed by atoms with Crippen molar-refractivity contribution in [2.45, 2.75) is 95.0 Å². The van der Waals surface area contributed by atoms with Crippen LogP contribution in [0.3, 0.4) is 0 Å². The number of halogens is 1. The molecule has 4 amide bonds. The van der Waals surface area contributed by atoms with E-state index in [1.165, 1.54) is 0 Å². The van der Waals surface area contributed by atoms with Crippen LogP contribution < -0.4 is 34.9 Å². The summed E-state index contributed by atoms with van der Waals surface area (Å²) in [6.45, 7) is 5.54. The summed E-state index contributed by atoms with van der Waals surface area (Å²) >= 11 is 8.90. The zero-order chi connectivity index (χ0) is 45.3. The van der Waals surface area contributed by atoms with Crippen LogP contribution in [0.15, 0.2) is 72.8 Å². The maximum absolute atomic E-state index is 14.0. The number of thioether (sulfide) groups is 1. The third-order valence-electron chi connectivity index (χ3n) is 12.7. The van der Waals surface area contributed by atoms with Crippen LogP contribution in [0.5, 0.6) is 23.0 Å². The van der Waals surface area contributed by atoms with E-state index in [-0.39, 0.29) is 49.2 Å². The molecule has 342 valence electrons. The van der Waals surface area contributed by atoms with Crippen molar-refractivity contribution in [1.82, 2.24) is 25.8 Å². The Morgan fingerprint density at radius 3 is 2.66 bits per heavy atom. The Hall–Kier alpha value is -5.62. The molecule has 3 fully saturated rings. The van der Waals surface area contributed by atoms with Crippen LogP contribution in [-0.4, -0.2) is 96.7 Å². The molecule has 15 heteroatoms. The highest BCUT2D eigenvalue weighted by Gasteiger charge is 2.42. The Balaban J connectivity index is 0.897. The van der Waals surface area contributed by atoms with Crippen molar-refractivity contribution < 1.29 is 33.3 Å². The van der Waals surface area contributed by atoms with Gasteiger partial charge in [0.1, 0.15) is 37.9 Å². The first-order valence-electron chi connectivity index (χ1n) is 22.6. The molecule has 65 heavy (non-hydrogen) atoms. The summed E-state index contributed by atoms with van der Waals surface area (Å²) in [5.41, 5.74) is 6.37. The van der Waals surface area contributed by atoms with E-state index < -0.39 is 0 Å². The van der Waals surface area contributed by atoms with Crippen molar-refractivity contribution >= 4 is 41.2 Å². The van der Waals surface area contributed by atoms with Crippen molar-refractivity contribution in [3.05, 3.63) is 106 Å². The quantitative estimate of drug-likeness (QED) is 0.0667. The molecular formula is C50H57ClN6O7S. The van der Waals surface area contributed by atoms with Gasteiger partial charge < -0.3 is 39.8 Å². The first-order chi connectivity index (χ1) is 31.6. The van der Waals surface area contributed by atoms with E-state index in [9.17, 15) is 19.6 Å². The number of carbonyl (C=O) groups is 3. The monoisotopic (exact) mass is 920 g/mol. The number of benzene rings is 4. The number of hydrogen-bond acceptors (Lipinski definition) is 10. The number of nitriles is 1. The molecule has 0 bridgehead atoms. The summed E-state index contributed by atoms with van der Waals surface area (Å²) in [7, 11) is 1.80. The van der Waals surface area contributed by atoms with Gasteiger partial charge in [0.25, 0.3) is 0 Å². The predicted octanol–water partition coefficient (Wildman–Crippen LogP) is 7.77. The number of nitrogens with one attached hydrogen (secondary N) is 3. The second-order valence-corrected chi connectivity index (χ2v) is 18.9. The summed E-state index contributed by atoms with van der Waals surface area (Å²) in [6.07, 6.45) is 5.69. The number of unbranched alkanes of at least 4 members (excludes halogenated alkanes) is 1. The molecule has 0 aromatic heterocycles. The lowest BCUT2D eigenvalue weighted by molar-refractivity contribution is -0.137. The minimum absolute atomic E-state index is 0.00972. The average Bonchev–Trinajstić information content (AvgIpc) is 3.88. The molecule has 0 spiro atoms. The van der Waals surface area contributed by atoms with Crippen molar-refractivity contribution in [3.8, 4) is 40.2 Å². The van der Waals surface area contributed by atoms with Crippen LogP contribution in [0.25, 0.3) is 11.1 Å². The molecule has 4 atom stereocenters. The molecule has 4 aromatic carbocycles. The van der Waals surface area contributed by atoms with Crippen LogP contribution in [0.2, 0.25) is 5.02 Å². The summed E-state index contributed by atoms with van der Waals surface area (Å²) < 4.78 is 24.5. The SMILES string of the molecule is Cc1c(COc2cc(OCc3cccc(C#N)c3)c(CN3CCCCC3C(=O)N(C)CCNC(=O)CCCC[C@@H]3SC[C@@H]4NC(=O)N[C@@H]43)cc2Cl)cccc1-c1ccc2c(c1)OCCO2. The molecule has 3 N–H and O–H groups in total. The minimum atomic E-state index is -0.350. The Morgan fingerprint density at radius 2 is 1.80 bits per heavy atom. The number of likely N-dealkylation sites (tertiary alicyclic amines) is 1. The Bertz CT molecular complexity index is 2410. The average molecular weight is 922 g/mol. The molecule has 4 aliphatic heterocycles. The molecule has 3 saturated heterocycles. The third-order valence-corrected chi connectivity index (χ3v) is 14.6. The number of nitrogens with zero attached hydrogens (tertiary/aromatic N) is 3. The van der Waals surface area contributed by atoms with E-state index >= 15 is 0 Å². The summed E-state index contributed by atoms with van der Waals surface area (Å²) in [5.74, 6) is 3.44. The van der Waals surface area contributed by atoms with Gasteiger partial charge in [-0.05, 0) is 97.3 Å². The molecule has 1 unspecified atom stereocenters. The van der Waals surface area contributed by atoms with Crippen LogP contribution in [-0.2, 0) is 29.3 Å². The number of hydrogen-bond donors (Lipinski definition) is 3. The normalized spacial score (nSPS) is 19.9. The minimum Gasteiger partial charge on any atom is -0.488 e. The first-order valence-corrected chi connectivity index (χ1v) is 24.1. The Kier molecular flexibility index (Phi) is 15.2. The Morgan fingerprint density at radius 1 is 0.969 bits per heavy atom. The van der Waals surface area contributed by atoms with Gasteiger partial charge in [0, 0.05) is 55.7 Å². The van der Waals surface area contributed by atoms with Gasteiger partial charge in [0.15, 0.2) is 11.5 Å². The van der Waals surface area contributed by atoms with Gasteiger partial charge in [0.2, 0.25) is 11.8 Å². The van der Waals surface area contributed by atoms with Gasteiger partial charge in [-0.3, -0.25) is 14.5 Å². The highest BCUT2D eigenvalue weighted by Crippen LogP contribution is 2.39. The molecule has 0 saturated carbocycles. The number of rotatable bonds is 18. The summed E-state index contributed by atoms with van der Waals surface area (Å²) in [5, 5.41) is 19.3. The maximum Gasteiger partial charge on any atom is 0.315 e. The highest BCUT2D eigenvalue weighted by atomic mass is 35.5. The van der Waals surface area contributed by atoms with Crippen molar-refractivity contribution in [2.75, 3.05) is 45.6 Å². The van der Waals surface area contributed by atoms with E-state index in [0.717, 1.165) is 89.3 Å². The molecule has 8 rings (SSSR count). The van der Waals surface area contributed by atoms with E-state index in [0.29, 0.717) is 73.0 Å². The number of piperidine rings is 1. The molecule has 4 aromatic rings. The van der Waals surface area contributed by atoms with Gasteiger partial charge in [-0.25, -0.2) is 4.79 Å². The third kappa shape index (κ3) is 11.4. The largest absolute Gasteiger partial charge is 0.488 e. The Labute approximate surface area is 390 Å². The summed E-state index contributed by atoms with van der Waals surface area (Å²) in [6, 6.07) is 25.3. The second-order valence-electron chi connectivity index (χ2n) is 17.2. The maximum atomic E-state index is 14.0. The zero-order valence-electron chi connectivity index (χ0n) is 37.0. The molecular weight excluding hydrogens is 864 g/mol. The highest BCUT2D eigenvalue weighted by molar-refractivity contribution is 8.00. The number of amides is 4.